The maximum absolute atomic E-state index is 5.37. The van der Waals surface area contributed by atoms with Crippen LogP contribution in [-0.2, 0) is 5.75 Å². The van der Waals surface area contributed by atoms with Crippen LogP contribution >= 0.6 is 11.8 Å². The zero-order chi connectivity index (χ0) is 13.5. The molecule has 1 heterocycles. The van der Waals surface area contributed by atoms with Crippen LogP contribution in [0, 0.1) is 11.8 Å². The van der Waals surface area contributed by atoms with Crippen molar-refractivity contribution >= 4 is 11.8 Å². The molecule has 0 saturated carbocycles. The van der Waals surface area contributed by atoms with Crippen LogP contribution in [0.25, 0.3) is 0 Å². The van der Waals surface area contributed by atoms with Crippen LogP contribution in [0.5, 0.6) is 5.75 Å². The van der Waals surface area contributed by atoms with Crippen molar-refractivity contribution in [3.63, 3.8) is 0 Å². The molecule has 0 atom stereocenters. The van der Waals surface area contributed by atoms with Crippen LogP contribution in [0.15, 0.2) is 40.3 Å². The number of oxazole rings is 1. The minimum absolute atomic E-state index is 0.354. The van der Waals surface area contributed by atoms with Gasteiger partial charge in [-0.15, -0.1) is 0 Å². The molecule has 4 nitrogen and oxygen atoms in total. The molecule has 1 aromatic heterocycles. The highest BCUT2D eigenvalue weighted by Gasteiger charge is 2.06. The zero-order valence-corrected chi connectivity index (χ0v) is 11.4. The van der Waals surface area contributed by atoms with Crippen molar-refractivity contribution in [1.82, 2.24) is 4.98 Å². The monoisotopic (exact) mass is 274 g/mol. The van der Waals surface area contributed by atoms with Crippen molar-refractivity contribution in [2.75, 3.05) is 13.7 Å². The van der Waals surface area contributed by atoms with Gasteiger partial charge < -0.3 is 14.9 Å². The Morgan fingerprint density at radius 2 is 2.37 bits per heavy atom. The van der Waals surface area contributed by atoms with Crippen molar-refractivity contribution in [3.8, 4) is 17.6 Å². The Morgan fingerprint density at radius 3 is 3.05 bits per heavy atom. The van der Waals surface area contributed by atoms with E-state index in [1.165, 1.54) is 11.8 Å². The van der Waals surface area contributed by atoms with E-state index in [0.717, 1.165) is 16.9 Å². The summed E-state index contributed by atoms with van der Waals surface area (Å²) in [7, 11) is 1.65. The molecule has 2 rings (SSSR count). The van der Waals surface area contributed by atoms with Gasteiger partial charge in [0.1, 0.15) is 12.0 Å². The smallest absolute Gasteiger partial charge is 0.255 e. The van der Waals surface area contributed by atoms with E-state index in [9.17, 15) is 0 Å². The van der Waals surface area contributed by atoms with Crippen molar-refractivity contribution in [2.24, 2.45) is 5.73 Å². The van der Waals surface area contributed by atoms with E-state index in [2.05, 4.69) is 16.8 Å². The highest BCUT2D eigenvalue weighted by molar-refractivity contribution is 7.98. The average Bonchev–Trinajstić information content (AvgIpc) is 2.96. The van der Waals surface area contributed by atoms with E-state index >= 15 is 0 Å². The Hall–Kier alpha value is -1.90. The van der Waals surface area contributed by atoms with Gasteiger partial charge in [0, 0.05) is 16.9 Å². The lowest BCUT2D eigenvalue weighted by atomic mass is 10.1. The van der Waals surface area contributed by atoms with E-state index in [1.807, 2.05) is 18.2 Å². The van der Waals surface area contributed by atoms with Gasteiger partial charge >= 0.3 is 0 Å². The lowest BCUT2D eigenvalue weighted by Gasteiger charge is -2.07. The van der Waals surface area contributed by atoms with Gasteiger partial charge in [-0.3, -0.25) is 0 Å². The Morgan fingerprint density at radius 1 is 1.47 bits per heavy atom. The fraction of sp³-hybridized carbons (Fsp3) is 0.214. The Balaban J connectivity index is 2.16. The minimum Gasteiger partial charge on any atom is -0.496 e. The molecule has 0 unspecified atom stereocenters. The van der Waals surface area contributed by atoms with Crippen LogP contribution in [0.4, 0.5) is 0 Å². The van der Waals surface area contributed by atoms with Crippen LogP contribution in [0.3, 0.4) is 0 Å². The van der Waals surface area contributed by atoms with Gasteiger partial charge in [-0.25, -0.2) is 4.98 Å². The fourth-order valence-electron chi connectivity index (χ4n) is 1.54. The second-order valence-electron chi connectivity index (χ2n) is 3.62. The van der Waals surface area contributed by atoms with Crippen molar-refractivity contribution in [3.05, 3.63) is 41.8 Å². The summed E-state index contributed by atoms with van der Waals surface area (Å²) in [6, 6.07) is 5.82. The third kappa shape index (κ3) is 3.78. The number of ether oxygens (including phenoxy) is 1. The second kappa shape index (κ2) is 6.88. The van der Waals surface area contributed by atoms with Crippen LogP contribution < -0.4 is 10.5 Å². The molecule has 0 radical (unpaired) electrons. The quantitative estimate of drug-likeness (QED) is 0.684. The number of hydrogen-bond acceptors (Lipinski definition) is 5. The molecule has 0 saturated heterocycles. The highest BCUT2D eigenvalue weighted by Crippen LogP contribution is 2.27. The Labute approximate surface area is 116 Å². The predicted molar refractivity (Wildman–Crippen MR) is 75.0 cm³/mol. The Kier molecular flexibility index (Phi) is 4.90. The molecule has 2 N–H and O–H groups in total. The van der Waals surface area contributed by atoms with Gasteiger partial charge in [0.15, 0.2) is 0 Å². The summed E-state index contributed by atoms with van der Waals surface area (Å²) in [5, 5.41) is 0.639. The van der Waals surface area contributed by atoms with Crippen LogP contribution in [-0.4, -0.2) is 18.6 Å². The maximum atomic E-state index is 5.37. The summed E-state index contributed by atoms with van der Waals surface area (Å²) >= 11 is 1.51. The third-order valence-electron chi connectivity index (χ3n) is 2.38. The molecule has 0 spiro atoms. The summed E-state index contributed by atoms with van der Waals surface area (Å²) in [5.41, 5.74) is 7.35. The summed E-state index contributed by atoms with van der Waals surface area (Å²) in [6.45, 7) is 0.354. The molecular formula is C14H14N2O2S. The summed E-state index contributed by atoms with van der Waals surface area (Å²) in [5.74, 6) is 7.39. The van der Waals surface area contributed by atoms with Gasteiger partial charge in [0.05, 0.1) is 19.9 Å². The molecule has 98 valence electrons. The number of methoxy groups -OCH3 is 1. The van der Waals surface area contributed by atoms with Gasteiger partial charge in [-0.05, 0) is 18.2 Å². The lowest BCUT2D eigenvalue weighted by Crippen LogP contribution is -1.94. The molecule has 0 aliphatic rings. The molecule has 0 aliphatic heterocycles. The topological polar surface area (TPSA) is 61.3 Å². The molecule has 0 aliphatic carbocycles. The van der Waals surface area contributed by atoms with E-state index in [0.29, 0.717) is 17.5 Å². The van der Waals surface area contributed by atoms with E-state index in [1.54, 1.807) is 19.6 Å². The molecule has 5 heteroatoms. The zero-order valence-electron chi connectivity index (χ0n) is 10.6. The van der Waals surface area contributed by atoms with Gasteiger partial charge in [0.25, 0.3) is 5.22 Å². The number of hydrogen-bond donors (Lipinski definition) is 1. The second-order valence-corrected chi connectivity index (χ2v) is 4.55. The fourth-order valence-corrected chi connectivity index (χ4v) is 2.31. The number of rotatable bonds is 4. The summed E-state index contributed by atoms with van der Waals surface area (Å²) in [4.78, 5) is 4.07. The SMILES string of the molecule is COc1ccc(C#CCN)cc1CSc1ncco1. The van der Waals surface area contributed by atoms with Gasteiger partial charge in [-0.2, -0.15) is 0 Å². The first kappa shape index (κ1) is 13.5. The van der Waals surface area contributed by atoms with Crippen LogP contribution in [0.2, 0.25) is 0 Å². The van der Waals surface area contributed by atoms with E-state index in [4.69, 9.17) is 14.9 Å². The number of nitrogens with zero attached hydrogens (tertiary/aromatic N) is 1. The summed E-state index contributed by atoms with van der Waals surface area (Å²) in [6.07, 6.45) is 3.19. The van der Waals surface area contributed by atoms with Crippen molar-refractivity contribution in [2.45, 2.75) is 11.0 Å². The molecular weight excluding hydrogens is 260 g/mol. The Bertz CT molecular complexity index is 585. The number of thioether (sulfide) groups is 1. The maximum Gasteiger partial charge on any atom is 0.255 e. The molecule has 0 amide bonds. The molecule has 19 heavy (non-hydrogen) atoms. The molecule has 0 bridgehead atoms. The first-order chi connectivity index (χ1) is 9.33. The normalized spacial score (nSPS) is 9.79. The highest BCUT2D eigenvalue weighted by atomic mass is 32.2. The predicted octanol–water partition coefficient (Wildman–Crippen LogP) is 2.29. The largest absolute Gasteiger partial charge is 0.496 e. The molecule has 2 aromatic rings. The average molecular weight is 274 g/mol. The minimum atomic E-state index is 0.354. The standard InChI is InChI=1S/C14H14N2O2S/c1-17-13-5-4-11(3-2-6-15)9-12(13)10-19-14-16-7-8-18-14/h4-5,7-9H,6,10,15H2,1H3. The van der Waals surface area contributed by atoms with Gasteiger partial charge in [-0.1, -0.05) is 23.6 Å². The van der Waals surface area contributed by atoms with Crippen molar-refractivity contribution in [1.29, 1.82) is 0 Å². The molecule has 0 fully saturated rings. The lowest BCUT2D eigenvalue weighted by molar-refractivity contribution is 0.411. The van der Waals surface area contributed by atoms with Crippen molar-refractivity contribution < 1.29 is 9.15 Å². The van der Waals surface area contributed by atoms with Gasteiger partial charge in [0.2, 0.25) is 0 Å². The third-order valence-corrected chi connectivity index (χ3v) is 3.28. The number of benzene rings is 1. The first-order valence-electron chi connectivity index (χ1n) is 5.71. The summed E-state index contributed by atoms with van der Waals surface area (Å²) < 4.78 is 10.5. The van der Waals surface area contributed by atoms with E-state index < -0.39 is 0 Å². The van der Waals surface area contributed by atoms with E-state index in [-0.39, 0.29) is 0 Å². The first-order valence-corrected chi connectivity index (χ1v) is 6.70. The van der Waals surface area contributed by atoms with Crippen LogP contribution in [0.1, 0.15) is 11.1 Å². The number of aromatic nitrogens is 1. The number of nitrogens with two attached hydrogens (primary N) is 1. The molecule has 1 aromatic carbocycles.